The van der Waals surface area contributed by atoms with Gasteiger partial charge in [-0.2, -0.15) is 0 Å². The monoisotopic (exact) mass is 239 g/mol. The molecule has 0 atom stereocenters. The minimum Gasteiger partial charge on any atom is -0.357 e. The lowest BCUT2D eigenvalue weighted by atomic mass is 10.1. The van der Waals surface area contributed by atoms with Crippen molar-refractivity contribution in [3.05, 3.63) is 34.9 Å². The molecule has 0 aliphatic heterocycles. The van der Waals surface area contributed by atoms with E-state index < -0.39 is 0 Å². The molecular formula is C12H18ClN3. The molecule has 0 amide bonds. The van der Waals surface area contributed by atoms with Crippen molar-refractivity contribution < 1.29 is 0 Å². The molecule has 0 unspecified atom stereocenters. The minimum atomic E-state index is 0.822. The third-order valence-electron chi connectivity index (χ3n) is 2.21. The molecule has 1 aromatic rings. The van der Waals surface area contributed by atoms with Crippen molar-refractivity contribution in [2.75, 3.05) is 20.1 Å². The maximum atomic E-state index is 6.06. The smallest absolute Gasteiger partial charge is 0.190 e. The number of hydrogen-bond acceptors (Lipinski definition) is 1. The molecule has 16 heavy (non-hydrogen) atoms. The topological polar surface area (TPSA) is 36.4 Å². The zero-order chi connectivity index (χ0) is 11.8. The third kappa shape index (κ3) is 4.11. The molecule has 0 aliphatic rings. The Morgan fingerprint density at radius 3 is 2.69 bits per heavy atom. The summed E-state index contributed by atoms with van der Waals surface area (Å²) in [4.78, 5) is 4.09. The zero-order valence-electron chi connectivity index (χ0n) is 9.76. The summed E-state index contributed by atoms with van der Waals surface area (Å²) >= 11 is 6.06. The summed E-state index contributed by atoms with van der Waals surface area (Å²) < 4.78 is 0. The number of rotatable bonds is 4. The van der Waals surface area contributed by atoms with E-state index in [4.69, 9.17) is 11.6 Å². The first-order valence-corrected chi connectivity index (χ1v) is 5.83. The molecule has 0 aliphatic carbocycles. The Labute approximate surface area is 102 Å². The summed E-state index contributed by atoms with van der Waals surface area (Å²) in [5, 5.41) is 7.19. The van der Waals surface area contributed by atoms with Crippen LogP contribution in [0.25, 0.3) is 0 Å². The van der Waals surface area contributed by atoms with Gasteiger partial charge in [0.1, 0.15) is 0 Å². The maximum absolute atomic E-state index is 6.06. The van der Waals surface area contributed by atoms with E-state index in [1.54, 1.807) is 7.05 Å². The molecule has 1 rings (SSSR count). The molecule has 0 saturated heterocycles. The van der Waals surface area contributed by atoms with Crippen LogP contribution in [0.5, 0.6) is 0 Å². The van der Waals surface area contributed by atoms with Gasteiger partial charge in [0, 0.05) is 25.2 Å². The summed E-state index contributed by atoms with van der Waals surface area (Å²) in [5.41, 5.74) is 1.16. The predicted molar refractivity (Wildman–Crippen MR) is 70.2 cm³/mol. The number of nitrogens with zero attached hydrogens (tertiary/aromatic N) is 1. The fourth-order valence-electron chi connectivity index (χ4n) is 1.40. The molecule has 1 aromatic carbocycles. The normalized spacial score (nSPS) is 11.3. The van der Waals surface area contributed by atoms with Crippen LogP contribution in [0.3, 0.4) is 0 Å². The number of hydrogen-bond donors (Lipinski definition) is 2. The van der Waals surface area contributed by atoms with E-state index in [9.17, 15) is 0 Å². The lowest BCUT2D eigenvalue weighted by Crippen LogP contribution is -2.38. The Morgan fingerprint density at radius 2 is 2.06 bits per heavy atom. The van der Waals surface area contributed by atoms with Crippen LogP contribution in [0.4, 0.5) is 0 Å². The van der Waals surface area contributed by atoms with Crippen molar-refractivity contribution in [3.8, 4) is 0 Å². The van der Waals surface area contributed by atoms with Gasteiger partial charge in [0.15, 0.2) is 5.96 Å². The first kappa shape index (κ1) is 12.8. The fourth-order valence-corrected chi connectivity index (χ4v) is 1.63. The quantitative estimate of drug-likeness (QED) is 0.624. The molecule has 0 heterocycles. The van der Waals surface area contributed by atoms with Crippen LogP contribution in [0.2, 0.25) is 5.02 Å². The lowest BCUT2D eigenvalue weighted by molar-refractivity contribution is 0.810. The molecule has 88 valence electrons. The molecule has 0 aromatic heterocycles. The average molecular weight is 240 g/mol. The Hall–Kier alpha value is -1.22. The molecule has 2 N–H and O–H groups in total. The van der Waals surface area contributed by atoms with Crippen molar-refractivity contribution in [2.45, 2.75) is 13.3 Å². The van der Waals surface area contributed by atoms with Crippen LogP contribution in [-0.4, -0.2) is 26.1 Å². The van der Waals surface area contributed by atoms with Gasteiger partial charge in [-0.1, -0.05) is 29.8 Å². The van der Waals surface area contributed by atoms with E-state index in [0.29, 0.717) is 0 Å². The van der Waals surface area contributed by atoms with Crippen molar-refractivity contribution in [3.63, 3.8) is 0 Å². The summed E-state index contributed by atoms with van der Waals surface area (Å²) in [5.74, 6) is 0.828. The van der Waals surface area contributed by atoms with Gasteiger partial charge >= 0.3 is 0 Å². The predicted octanol–water partition coefficient (Wildman–Crippen LogP) is 2.07. The SMILES string of the molecule is CCNC(=NC)NCCc1ccccc1Cl. The molecule has 0 fully saturated rings. The standard InChI is InChI=1S/C12H18ClN3/c1-3-15-12(14-2)16-9-8-10-6-4-5-7-11(10)13/h4-7H,3,8-9H2,1-2H3,(H2,14,15,16). The summed E-state index contributed by atoms with van der Waals surface area (Å²) in [6.45, 7) is 3.73. The van der Waals surface area contributed by atoms with E-state index >= 15 is 0 Å². The first-order valence-electron chi connectivity index (χ1n) is 5.45. The van der Waals surface area contributed by atoms with Crippen LogP contribution in [0.1, 0.15) is 12.5 Å². The van der Waals surface area contributed by atoms with Gasteiger partial charge in [-0.05, 0) is 25.0 Å². The molecule has 0 radical (unpaired) electrons. The largest absolute Gasteiger partial charge is 0.357 e. The molecular weight excluding hydrogens is 222 g/mol. The van der Waals surface area contributed by atoms with Crippen molar-refractivity contribution in [1.82, 2.24) is 10.6 Å². The number of guanidine groups is 1. The van der Waals surface area contributed by atoms with Gasteiger partial charge in [-0.3, -0.25) is 4.99 Å². The summed E-state index contributed by atoms with van der Waals surface area (Å²) in [7, 11) is 1.76. The van der Waals surface area contributed by atoms with Gasteiger partial charge in [-0.15, -0.1) is 0 Å². The second kappa shape index (κ2) is 7.12. The van der Waals surface area contributed by atoms with E-state index in [1.165, 1.54) is 0 Å². The number of halogens is 1. The lowest BCUT2D eigenvalue weighted by Gasteiger charge is -2.10. The molecule has 3 nitrogen and oxygen atoms in total. The highest BCUT2D eigenvalue weighted by Crippen LogP contribution is 2.14. The molecule has 4 heteroatoms. The third-order valence-corrected chi connectivity index (χ3v) is 2.58. The van der Waals surface area contributed by atoms with Crippen LogP contribution in [0, 0.1) is 0 Å². The van der Waals surface area contributed by atoms with E-state index in [1.807, 2.05) is 31.2 Å². The first-order chi connectivity index (χ1) is 7.77. The second-order valence-corrected chi connectivity index (χ2v) is 3.78. The minimum absolute atomic E-state index is 0.822. The Bertz CT molecular complexity index is 350. The van der Waals surface area contributed by atoms with Gasteiger partial charge in [0.25, 0.3) is 0 Å². The van der Waals surface area contributed by atoms with E-state index in [-0.39, 0.29) is 0 Å². The van der Waals surface area contributed by atoms with Gasteiger partial charge in [0.05, 0.1) is 0 Å². The van der Waals surface area contributed by atoms with Gasteiger partial charge < -0.3 is 10.6 Å². The molecule has 0 saturated carbocycles. The number of aliphatic imine (C=N–C) groups is 1. The van der Waals surface area contributed by atoms with Crippen LogP contribution < -0.4 is 10.6 Å². The highest BCUT2D eigenvalue weighted by atomic mass is 35.5. The van der Waals surface area contributed by atoms with Gasteiger partial charge in [-0.25, -0.2) is 0 Å². The van der Waals surface area contributed by atoms with E-state index in [2.05, 4.69) is 15.6 Å². The van der Waals surface area contributed by atoms with Crippen molar-refractivity contribution in [2.24, 2.45) is 4.99 Å². The highest BCUT2D eigenvalue weighted by Gasteiger charge is 1.99. The number of nitrogens with one attached hydrogen (secondary N) is 2. The Morgan fingerprint density at radius 1 is 1.31 bits per heavy atom. The van der Waals surface area contributed by atoms with Crippen LogP contribution in [0.15, 0.2) is 29.3 Å². The molecule has 0 spiro atoms. The number of benzene rings is 1. The Kier molecular flexibility index (Phi) is 5.72. The highest BCUT2D eigenvalue weighted by molar-refractivity contribution is 6.31. The Balaban J connectivity index is 2.38. The fraction of sp³-hybridized carbons (Fsp3) is 0.417. The second-order valence-electron chi connectivity index (χ2n) is 3.37. The summed E-state index contributed by atoms with van der Waals surface area (Å²) in [6, 6.07) is 7.90. The summed E-state index contributed by atoms with van der Waals surface area (Å²) in [6.07, 6.45) is 0.893. The van der Waals surface area contributed by atoms with Gasteiger partial charge in [0.2, 0.25) is 0 Å². The van der Waals surface area contributed by atoms with Crippen molar-refractivity contribution in [1.29, 1.82) is 0 Å². The molecule has 0 bridgehead atoms. The zero-order valence-corrected chi connectivity index (χ0v) is 10.5. The van der Waals surface area contributed by atoms with Crippen LogP contribution in [-0.2, 0) is 6.42 Å². The van der Waals surface area contributed by atoms with E-state index in [0.717, 1.165) is 36.1 Å². The van der Waals surface area contributed by atoms with Crippen LogP contribution >= 0.6 is 11.6 Å². The average Bonchev–Trinajstić information content (AvgIpc) is 2.30. The van der Waals surface area contributed by atoms with Crippen molar-refractivity contribution >= 4 is 17.6 Å². The maximum Gasteiger partial charge on any atom is 0.190 e.